The molecule has 5 heteroatoms. The molecule has 0 N–H and O–H groups in total. The largest absolute Gasteiger partial charge is 0.493 e. The number of hydrogen-bond donors (Lipinski definition) is 0. The molecule has 2 aromatic carbocycles. The van der Waals surface area contributed by atoms with Crippen LogP contribution in [-0.4, -0.2) is 32.3 Å². The van der Waals surface area contributed by atoms with Gasteiger partial charge in [-0.1, -0.05) is 30.3 Å². The number of ether oxygens (including phenoxy) is 3. The summed E-state index contributed by atoms with van der Waals surface area (Å²) in [5.74, 6) is 0.662. The van der Waals surface area contributed by atoms with Crippen LogP contribution in [0, 0.1) is 0 Å². The maximum atomic E-state index is 12.2. The van der Waals surface area contributed by atoms with Crippen molar-refractivity contribution >= 4 is 16.9 Å². The molecule has 0 radical (unpaired) electrons. The van der Waals surface area contributed by atoms with Crippen molar-refractivity contribution < 1.29 is 19.0 Å². The smallest absolute Gasteiger partial charge is 0.338 e. The second kappa shape index (κ2) is 6.58. The molecule has 0 unspecified atom stereocenters. The third-order valence-electron chi connectivity index (χ3n) is 3.79. The second-order valence-electron chi connectivity index (χ2n) is 5.14. The molecule has 0 fully saturated rings. The summed E-state index contributed by atoms with van der Waals surface area (Å²) in [5, 5.41) is 0.652. The molecule has 122 valence electrons. The van der Waals surface area contributed by atoms with E-state index in [1.54, 1.807) is 32.4 Å². The molecule has 0 bridgehead atoms. The molecule has 0 aliphatic heterocycles. The topological polar surface area (TPSA) is 57.7 Å². The predicted molar refractivity (Wildman–Crippen MR) is 91.6 cm³/mol. The zero-order valence-electron chi connectivity index (χ0n) is 13.7. The number of carbonyl (C=O) groups excluding carboxylic acids is 1. The van der Waals surface area contributed by atoms with Gasteiger partial charge in [0.1, 0.15) is 0 Å². The van der Waals surface area contributed by atoms with E-state index >= 15 is 0 Å². The van der Waals surface area contributed by atoms with Crippen LogP contribution in [0.3, 0.4) is 0 Å². The van der Waals surface area contributed by atoms with E-state index in [9.17, 15) is 4.79 Å². The first-order chi connectivity index (χ1) is 11.7. The van der Waals surface area contributed by atoms with E-state index in [2.05, 4.69) is 4.98 Å². The van der Waals surface area contributed by atoms with E-state index in [1.807, 2.05) is 30.3 Å². The fraction of sp³-hybridized carbons (Fsp3) is 0.158. The van der Waals surface area contributed by atoms with E-state index in [-0.39, 0.29) is 0 Å². The lowest BCUT2D eigenvalue weighted by Gasteiger charge is -2.12. The highest BCUT2D eigenvalue weighted by Gasteiger charge is 2.17. The van der Waals surface area contributed by atoms with E-state index in [4.69, 9.17) is 14.2 Å². The van der Waals surface area contributed by atoms with Gasteiger partial charge in [0.15, 0.2) is 11.5 Å². The first-order valence-electron chi connectivity index (χ1n) is 7.38. The monoisotopic (exact) mass is 323 g/mol. The van der Waals surface area contributed by atoms with Crippen LogP contribution in [0.5, 0.6) is 11.5 Å². The Balaban J connectivity index is 2.32. The average molecular weight is 323 g/mol. The van der Waals surface area contributed by atoms with Gasteiger partial charge in [0.25, 0.3) is 0 Å². The molecule has 3 rings (SSSR count). The van der Waals surface area contributed by atoms with Gasteiger partial charge >= 0.3 is 5.97 Å². The molecule has 1 aromatic heterocycles. The highest BCUT2D eigenvalue weighted by molar-refractivity contribution is 6.05. The van der Waals surface area contributed by atoms with Crippen LogP contribution in [-0.2, 0) is 4.74 Å². The Labute approximate surface area is 139 Å². The van der Waals surface area contributed by atoms with Gasteiger partial charge in [0.2, 0.25) is 0 Å². The molecule has 0 atom stereocenters. The van der Waals surface area contributed by atoms with Gasteiger partial charge in [0, 0.05) is 17.0 Å². The van der Waals surface area contributed by atoms with Crippen molar-refractivity contribution in [1.29, 1.82) is 0 Å². The van der Waals surface area contributed by atoms with Gasteiger partial charge in [-0.2, -0.15) is 0 Å². The maximum Gasteiger partial charge on any atom is 0.338 e. The van der Waals surface area contributed by atoms with Crippen LogP contribution < -0.4 is 9.47 Å². The van der Waals surface area contributed by atoms with Crippen molar-refractivity contribution in [2.24, 2.45) is 0 Å². The molecular formula is C19H17NO4. The Morgan fingerprint density at radius 2 is 1.58 bits per heavy atom. The molecule has 1 heterocycles. The van der Waals surface area contributed by atoms with Gasteiger partial charge in [-0.25, -0.2) is 9.78 Å². The number of fused-ring (bicyclic) bond motifs is 1. The normalized spacial score (nSPS) is 10.5. The first kappa shape index (κ1) is 15.8. The number of methoxy groups -OCH3 is 3. The fourth-order valence-corrected chi connectivity index (χ4v) is 2.59. The van der Waals surface area contributed by atoms with Gasteiger partial charge in [-0.15, -0.1) is 0 Å². The summed E-state index contributed by atoms with van der Waals surface area (Å²) in [7, 11) is 4.47. The van der Waals surface area contributed by atoms with Crippen molar-refractivity contribution in [3.63, 3.8) is 0 Å². The van der Waals surface area contributed by atoms with Crippen molar-refractivity contribution in [2.45, 2.75) is 0 Å². The minimum absolute atomic E-state index is 0.424. The molecule has 5 nitrogen and oxygen atoms in total. The quantitative estimate of drug-likeness (QED) is 0.685. The highest BCUT2D eigenvalue weighted by atomic mass is 16.5. The molecule has 3 aromatic rings. The maximum absolute atomic E-state index is 12.2. The number of aromatic nitrogens is 1. The molecular weight excluding hydrogens is 306 g/mol. The Hall–Kier alpha value is -3.08. The fourth-order valence-electron chi connectivity index (χ4n) is 2.59. The number of pyridine rings is 1. The van der Waals surface area contributed by atoms with Gasteiger partial charge in [0.05, 0.1) is 38.1 Å². The number of benzene rings is 2. The van der Waals surface area contributed by atoms with E-state index in [0.29, 0.717) is 33.7 Å². The summed E-state index contributed by atoms with van der Waals surface area (Å²) in [6.45, 7) is 0. The molecule has 0 amide bonds. The summed E-state index contributed by atoms with van der Waals surface area (Å²) in [6.07, 6.45) is 0. The van der Waals surface area contributed by atoms with Crippen molar-refractivity contribution in [2.75, 3.05) is 21.3 Å². The van der Waals surface area contributed by atoms with Crippen molar-refractivity contribution in [3.05, 3.63) is 54.1 Å². The number of hydrogen-bond acceptors (Lipinski definition) is 5. The summed E-state index contributed by atoms with van der Waals surface area (Å²) < 4.78 is 15.6. The molecule has 0 aliphatic carbocycles. The minimum Gasteiger partial charge on any atom is -0.493 e. The molecule has 24 heavy (non-hydrogen) atoms. The molecule has 0 spiro atoms. The second-order valence-corrected chi connectivity index (χ2v) is 5.14. The van der Waals surface area contributed by atoms with Crippen LogP contribution in [0.2, 0.25) is 0 Å². The van der Waals surface area contributed by atoms with Crippen LogP contribution in [0.1, 0.15) is 10.4 Å². The minimum atomic E-state index is -0.424. The zero-order chi connectivity index (χ0) is 17.1. The number of carbonyl (C=O) groups is 1. The zero-order valence-corrected chi connectivity index (χ0v) is 13.7. The van der Waals surface area contributed by atoms with E-state index < -0.39 is 5.97 Å². The standard InChI is InChI=1S/C19H17NO4/c1-22-17-10-13-14(19(21)24-3)9-15(12-7-5-4-6-8-12)20-16(13)11-18(17)23-2/h4-11H,1-3H3. The molecule has 0 aliphatic rings. The summed E-state index contributed by atoms with van der Waals surface area (Å²) >= 11 is 0. The predicted octanol–water partition coefficient (Wildman–Crippen LogP) is 3.71. The Bertz CT molecular complexity index is 891. The SMILES string of the molecule is COC(=O)c1cc(-c2ccccc2)nc2cc(OC)c(OC)cc12. The Kier molecular flexibility index (Phi) is 4.33. The lowest BCUT2D eigenvalue weighted by Crippen LogP contribution is -2.04. The van der Waals surface area contributed by atoms with Gasteiger partial charge in [-0.05, 0) is 12.1 Å². The lowest BCUT2D eigenvalue weighted by atomic mass is 10.0. The van der Waals surface area contributed by atoms with Crippen molar-refractivity contribution in [1.82, 2.24) is 4.98 Å². The third-order valence-corrected chi connectivity index (χ3v) is 3.79. The van der Waals surface area contributed by atoms with Crippen LogP contribution in [0.4, 0.5) is 0 Å². The molecule has 0 saturated carbocycles. The number of nitrogens with zero attached hydrogens (tertiary/aromatic N) is 1. The summed E-state index contributed by atoms with van der Waals surface area (Å²) in [4.78, 5) is 16.9. The Morgan fingerprint density at radius 3 is 2.21 bits per heavy atom. The lowest BCUT2D eigenvalue weighted by molar-refractivity contribution is 0.0603. The highest BCUT2D eigenvalue weighted by Crippen LogP contribution is 2.34. The first-order valence-corrected chi connectivity index (χ1v) is 7.38. The van der Waals surface area contributed by atoms with Gasteiger partial charge in [-0.3, -0.25) is 0 Å². The number of rotatable bonds is 4. The van der Waals surface area contributed by atoms with E-state index in [1.165, 1.54) is 7.11 Å². The van der Waals surface area contributed by atoms with Crippen LogP contribution >= 0.6 is 0 Å². The average Bonchev–Trinajstić information content (AvgIpc) is 2.65. The summed E-state index contributed by atoms with van der Waals surface area (Å²) in [5.41, 5.74) is 2.67. The number of esters is 1. The van der Waals surface area contributed by atoms with Gasteiger partial charge < -0.3 is 14.2 Å². The molecule has 0 saturated heterocycles. The van der Waals surface area contributed by atoms with E-state index in [0.717, 1.165) is 5.56 Å². The Morgan fingerprint density at radius 1 is 0.917 bits per heavy atom. The van der Waals surface area contributed by atoms with Crippen molar-refractivity contribution in [3.8, 4) is 22.8 Å². The summed E-state index contributed by atoms with van der Waals surface area (Å²) in [6, 6.07) is 14.9. The third kappa shape index (κ3) is 2.76. The van der Waals surface area contributed by atoms with Crippen LogP contribution in [0.15, 0.2) is 48.5 Å². The van der Waals surface area contributed by atoms with Crippen LogP contribution in [0.25, 0.3) is 22.2 Å².